The van der Waals surface area contributed by atoms with Gasteiger partial charge in [-0.25, -0.2) is 9.80 Å². The van der Waals surface area contributed by atoms with Gasteiger partial charge in [-0.1, -0.05) is 13.3 Å². The van der Waals surface area contributed by atoms with Gasteiger partial charge in [0.1, 0.15) is 5.75 Å². The van der Waals surface area contributed by atoms with E-state index in [9.17, 15) is 4.79 Å². The van der Waals surface area contributed by atoms with E-state index in [1.807, 2.05) is 24.3 Å². The van der Waals surface area contributed by atoms with E-state index >= 15 is 0 Å². The van der Waals surface area contributed by atoms with Gasteiger partial charge in [-0.05, 0) is 30.7 Å². The first-order valence-electron chi connectivity index (χ1n) is 7.40. The van der Waals surface area contributed by atoms with E-state index in [0.717, 1.165) is 24.3 Å². The van der Waals surface area contributed by atoms with Gasteiger partial charge in [-0.3, -0.25) is 0 Å². The summed E-state index contributed by atoms with van der Waals surface area (Å²) in [6.07, 6.45) is 2.16. The number of nitrogens with zero attached hydrogens (tertiary/aromatic N) is 2. The third kappa shape index (κ3) is 3.76. The lowest BCUT2D eigenvalue weighted by atomic mass is 10.2. The largest absolute Gasteiger partial charge is 0.497 e. The van der Waals surface area contributed by atoms with Crippen molar-refractivity contribution in [2.45, 2.75) is 32.4 Å². The van der Waals surface area contributed by atoms with Crippen molar-refractivity contribution in [1.82, 2.24) is 0 Å². The first kappa shape index (κ1) is 16.3. The Hall–Kier alpha value is -2.08. The maximum absolute atomic E-state index is 11.7. The van der Waals surface area contributed by atoms with Gasteiger partial charge in [0, 0.05) is 13.0 Å². The molecule has 1 heterocycles. The van der Waals surface area contributed by atoms with Crippen molar-refractivity contribution >= 4 is 17.4 Å². The van der Waals surface area contributed by atoms with Crippen LogP contribution < -0.4 is 9.75 Å². The molecular weight excluding hydrogens is 284 g/mol. The summed E-state index contributed by atoms with van der Waals surface area (Å²) in [5.41, 5.74) is 1.22. The summed E-state index contributed by atoms with van der Waals surface area (Å²) in [5.74, 6) is 0.351. The van der Waals surface area contributed by atoms with Crippen LogP contribution in [0.15, 0.2) is 29.4 Å². The predicted molar refractivity (Wildman–Crippen MR) is 84.2 cm³/mol. The van der Waals surface area contributed by atoms with Crippen molar-refractivity contribution in [2.24, 2.45) is 5.10 Å². The number of anilines is 1. The maximum atomic E-state index is 11.7. The van der Waals surface area contributed by atoms with Crippen LogP contribution in [0.3, 0.4) is 0 Å². The maximum Gasteiger partial charge on any atom is 0.354 e. The third-order valence-corrected chi connectivity index (χ3v) is 3.44. The Morgan fingerprint density at radius 2 is 2.05 bits per heavy atom. The lowest BCUT2D eigenvalue weighted by Crippen LogP contribution is -2.29. The highest BCUT2D eigenvalue weighted by Gasteiger charge is 2.32. The molecule has 0 amide bonds. The topological polar surface area (TPSA) is 60.4 Å². The Bertz CT molecular complexity index is 527. The molecule has 1 aromatic carbocycles. The molecule has 1 unspecified atom stereocenters. The van der Waals surface area contributed by atoms with E-state index in [-0.39, 0.29) is 6.23 Å². The van der Waals surface area contributed by atoms with E-state index in [0.29, 0.717) is 18.7 Å². The second-order valence-electron chi connectivity index (χ2n) is 4.96. The highest BCUT2D eigenvalue weighted by molar-refractivity contribution is 6.37. The molecular formula is C16H22N2O4. The number of rotatable bonds is 7. The molecule has 2 rings (SSSR count). The molecule has 120 valence electrons. The summed E-state index contributed by atoms with van der Waals surface area (Å²) >= 11 is 0. The summed E-state index contributed by atoms with van der Waals surface area (Å²) in [5, 5.41) is 6.08. The Kier molecular flexibility index (Phi) is 5.77. The quantitative estimate of drug-likeness (QED) is 0.572. The van der Waals surface area contributed by atoms with Crippen LogP contribution in [0.25, 0.3) is 0 Å². The molecule has 22 heavy (non-hydrogen) atoms. The highest BCUT2D eigenvalue weighted by atomic mass is 16.5. The third-order valence-electron chi connectivity index (χ3n) is 3.44. The molecule has 1 aliphatic heterocycles. The molecule has 6 heteroatoms. The molecule has 0 bridgehead atoms. The van der Waals surface area contributed by atoms with Crippen LogP contribution in [0, 0.1) is 0 Å². The van der Waals surface area contributed by atoms with Crippen LogP contribution >= 0.6 is 0 Å². The van der Waals surface area contributed by atoms with Gasteiger partial charge in [-0.2, -0.15) is 5.10 Å². The number of carbonyl (C=O) groups is 1. The number of hydrogen-bond donors (Lipinski definition) is 0. The molecule has 0 aromatic heterocycles. The minimum absolute atomic E-state index is 0.283. The van der Waals surface area contributed by atoms with Gasteiger partial charge in [0.15, 0.2) is 11.9 Å². The predicted octanol–water partition coefficient (Wildman–Crippen LogP) is 2.58. The smallest absolute Gasteiger partial charge is 0.354 e. The summed E-state index contributed by atoms with van der Waals surface area (Å²) in [7, 11) is 2.98. The normalized spacial score (nSPS) is 17.3. The minimum Gasteiger partial charge on any atom is -0.497 e. The van der Waals surface area contributed by atoms with Crippen LogP contribution in [0.2, 0.25) is 0 Å². The van der Waals surface area contributed by atoms with E-state index in [1.165, 1.54) is 7.11 Å². The number of methoxy groups -OCH3 is 2. The number of hydrogen-bond acceptors (Lipinski definition) is 6. The number of hydrazone groups is 1. The van der Waals surface area contributed by atoms with E-state index < -0.39 is 5.97 Å². The van der Waals surface area contributed by atoms with E-state index in [2.05, 4.69) is 12.0 Å². The molecule has 0 saturated carbocycles. The van der Waals surface area contributed by atoms with Gasteiger partial charge in [0.2, 0.25) is 0 Å². The molecule has 1 aromatic rings. The number of carbonyl (C=O) groups excluding carboxylic acids is 1. The molecule has 1 atom stereocenters. The Morgan fingerprint density at radius 3 is 2.64 bits per heavy atom. The molecule has 0 spiro atoms. The van der Waals surface area contributed by atoms with E-state index in [4.69, 9.17) is 14.2 Å². The van der Waals surface area contributed by atoms with Crippen molar-refractivity contribution in [3.8, 4) is 5.75 Å². The standard InChI is InChI=1S/C16H22N2O4/c1-4-5-10-22-15-11-14(16(19)21-3)17-18(15)12-6-8-13(20-2)9-7-12/h6-9,15H,4-5,10-11H2,1-3H3. The second-order valence-corrected chi connectivity index (χ2v) is 4.96. The van der Waals surface area contributed by atoms with Gasteiger partial charge in [-0.15, -0.1) is 0 Å². The van der Waals surface area contributed by atoms with Crippen LogP contribution in [0.1, 0.15) is 26.2 Å². The zero-order chi connectivity index (χ0) is 15.9. The molecule has 0 fully saturated rings. The Balaban J connectivity index is 2.16. The lowest BCUT2D eigenvalue weighted by Gasteiger charge is -2.23. The zero-order valence-corrected chi connectivity index (χ0v) is 13.2. The SMILES string of the molecule is CCCCOC1CC(C(=O)OC)=NN1c1ccc(OC)cc1. The van der Waals surface area contributed by atoms with Gasteiger partial charge in [0.05, 0.1) is 19.9 Å². The summed E-state index contributed by atoms with van der Waals surface area (Å²) in [6.45, 7) is 2.74. The Labute approximate surface area is 130 Å². The second kappa shape index (κ2) is 7.79. The average molecular weight is 306 g/mol. The number of benzene rings is 1. The number of unbranched alkanes of at least 4 members (excludes halogenated alkanes) is 1. The monoisotopic (exact) mass is 306 g/mol. The van der Waals surface area contributed by atoms with Crippen LogP contribution in [0.4, 0.5) is 5.69 Å². The summed E-state index contributed by atoms with van der Waals surface area (Å²) < 4.78 is 15.8. The van der Waals surface area contributed by atoms with Crippen molar-refractivity contribution in [3.05, 3.63) is 24.3 Å². The number of esters is 1. The summed E-state index contributed by atoms with van der Waals surface area (Å²) in [4.78, 5) is 11.7. The van der Waals surface area contributed by atoms with Gasteiger partial charge < -0.3 is 14.2 Å². The fourth-order valence-electron chi connectivity index (χ4n) is 2.18. The van der Waals surface area contributed by atoms with Crippen molar-refractivity contribution in [1.29, 1.82) is 0 Å². The lowest BCUT2D eigenvalue weighted by molar-refractivity contribution is -0.132. The van der Waals surface area contributed by atoms with Crippen molar-refractivity contribution in [3.63, 3.8) is 0 Å². The van der Waals surface area contributed by atoms with Crippen LogP contribution in [-0.4, -0.2) is 38.7 Å². The molecule has 6 nitrogen and oxygen atoms in total. The first-order chi connectivity index (χ1) is 10.7. The molecule has 0 radical (unpaired) electrons. The fourth-order valence-corrected chi connectivity index (χ4v) is 2.18. The molecule has 1 aliphatic rings. The number of ether oxygens (including phenoxy) is 3. The van der Waals surface area contributed by atoms with Gasteiger partial charge >= 0.3 is 5.97 Å². The Morgan fingerprint density at radius 1 is 1.32 bits per heavy atom. The first-order valence-corrected chi connectivity index (χ1v) is 7.40. The summed E-state index contributed by atoms with van der Waals surface area (Å²) in [6, 6.07) is 7.48. The molecule has 0 aliphatic carbocycles. The van der Waals surface area contributed by atoms with Crippen molar-refractivity contribution in [2.75, 3.05) is 25.8 Å². The molecule has 0 N–H and O–H groups in total. The zero-order valence-electron chi connectivity index (χ0n) is 13.2. The molecule has 0 saturated heterocycles. The van der Waals surface area contributed by atoms with Crippen molar-refractivity contribution < 1.29 is 19.0 Å². The average Bonchev–Trinajstić information content (AvgIpc) is 2.98. The van der Waals surface area contributed by atoms with Gasteiger partial charge in [0.25, 0.3) is 0 Å². The fraction of sp³-hybridized carbons (Fsp3) is 0.500. The highest BCUT2D eigenvalue weighted by Crippen LogP contribution is 2.27. The van der Waals surface area contributed by atoms with Crippen LogP contribution in [-0.2, 0) is 14.3 Å². The van der Waals surface area contributed by atoms with E-state index in [1.54, 1.807) is 12.1 Å². The minimum atomic E-state index is -0.417. The van der Waals surface area contributed by atoms with Crippen LogP contribution in [0.5, 0.6) is 5.75 Å².